The van der Waals surface area contributed by atoms with Gasteiger partial charge in [0, 0.05) is 18.8 Å². The molecule has 0 spiro atoms. The number of pyridine rings is 1. The molecular formula is C17H15F3N4O2. The molecule has 3 aromatic rings. The van der Waals surface area contributed by atoms with Crippen LogP contribution in [0.2, 0.25) is 0 Å². The van der Waals surface area contributed by atoms with Crippen molar-refractivity contribution in [2.45, 2.75) is 32.0 Å². The Balaban J connectivity index is 1.91. The number of nitrogens with zero attached hydrogens (tertiary/aromatic N) is 4. The van der Waals surface area contributed by atoms with Gasteiger partial charge in [0.15, 0.2) is 12.2 Å². The summed E-state index contributed by atoms with van der Waals surface area (Å²) in [5, 5.41) is 0. The number of amides is 1. The fourth-order valence-corrected chi connectivity index (χ4v) is 3.03. The molecule has 136 valence electrons. The van der Waals surface area contributed by atoms with E-state index in [1.54, 1.807) is 4.90 Å². The molecule has 0 unspecified atom stereocenters. The Morgan fingerprint density at radius 2 is 2.15 bits per heavy atom. The van der Waals surface area contributed by atoms with Crippen molar-refractivity contribution in [3.05, 3.63) is 42.3 Å². The smallest absolute Gasteiger partial charge is 0.417 e. The predicted molar refractivity (Wildman–Crippen MR) is 85.4 cm³/mol. The van der Waals surface area contributed by atoms with E-state index < -0.39 is 11.7 Å². The fourth-order valence-electron chi connectivity index (χ4n) is 3.03. The first-order valence-corrected chi connectivity index (χ1v) is 8.18. The van der Waals surface area contributed by atoms with Crippen LogP contribution in [0.25, 0.3) is 17.0 Å². The van der Waals surface area contributed by atoms with Crippen LogP contribution in [0.15, 0.2) is 35.5 Å². The van der Waals surface area contributed by atoms with Gasteiger partial charge >= 0.3 is 6.18 Å². The summed E-state index contributed by atoms with van der Waals surface area (Å²) in [6.07, 6.45) is 1.90. The standard InChI is InChI=1S/C17H15F3N4O2/c1-2-23(11-3-4-11)16(25)13-6-22-15-12(14-7-21-9-26-14)5-10(8-24(13)15)17(18,19)20/h5-9,11H,2-4H2,1H3. The Morgan fingerprint density at radius 1 is 1.38 bits per heavy atom. The highest BCUT2D eigenvalue weighted by Crippen LogP contribution is 2.35. The van der Waals surface area contributed by atoms with Gasteiger partial charge in [0.1, 0.15) is 11.3 Å². The first-order valence-electron chi connectivity index (χ1n) is 8.18. The molecule has 1 saturated carbocycles. The van der Waals surface area contributed by atoms with E-state index in [1.165, 1.54) is 16.8 Å². The molecule has 0 bridgehead atoms. The van der Waals surface area contributed by atoms with Gasteiger partial charge in [0.05, 0.1) is 23.5 Å². The van der Waals surface area contributed by atoms with Gasteiger partial charge in [-0.3, -0.25) is 9.20 Å². The predicted octanol–water partition coefficient (Wildman–Crippen LogP) is 3.63. The third kappa shape index (κ3) is 2.73. The van der Waals surface area contributed by atoms with Crippen molar-refractivity contribution in [2.75, 3.05) is 6.54 Å². The Hall–Kier alpha value is -2.84. The summed E-state index contributed by atoms with van der Waals surface area (Å²) in [6.45, 7) is 2.34. The highest BCUT2D eigenvalue weighted by Gasteiger charge is 2.35. The van der Waals surface area contributed by atoms with Crippen LogP contribution in [0.3, 0.4) is 0 Å². The normalized spacial score (nSPS) is 14.8. The van der Waals surface area contributed by atoms with Gasteiger partial charge in [-0.05, 0) is 25.8 Å². The third-order valence-corrected chi connectivity index (χ3v) is 4.44. The summed E-state index contributed by atoms with van der Waals surface area (Å²) in [6, 6.07) is 1.10. The fraction of sp³-hybridized carbons (Fsp3) is 0.353. The number of carbonyl (C=O) groups excluding carboxylic acids is 1. The van der Waals surface area contributed by atoms with Gasteiger partial charge in [-0.1, -0.05) is 0 Å². The number of hydrogen-bond acceptors (Lipinski definition) is 4. The molecule has 0 saturated heterocycles. The number of alkyl halides is 3. The van der Waals surface area contributed by atoms with E-state index in [-0.39, 0.29) is 34.6 Å². The number of rotatable bonds is 4. The average molecular weight is 364 g/mol. The van der Waals surface area contributed by atoms with Crippen molar-refractivity contribution in [2.24, 2.45) is 0 Å². The molecule has 26 heavy (non-hydrogen) atoms. The second-order valence-electron chi connectivity index (χ2n) is 6.17. The zero-order valence-electron chi connectivity index (χ0n) is 13.8. The molecular weight excluding hydrogens is 349 g/mol. The van der Waals surface area contributed by atoms with E-state index in [2.05, 4.69) is 9.97 Å². The van der Waals surface area contributed by atoms with Crippen molar-refractivity contribution in [1.82, 2.24) is 19.3 Å². The Bertz CT molecular complexity index is 958. The molecule has 0 atom stereocenters. The maximum atomic E-state index is 13.4. The lowest BCUT2D eigenvalue weighted by Crippen LogP contribution is -2.33. The monoisotopic (exact) mass is 364 g/mol. The molecule has 1 fully saturated rings. The van der Waals surface area contributed by atoms with Crippen LogP contribution in [0.1, 0.15) is 35.8 Å². The number of halogens is 3. The van der Waals surface area contributed by atoms with E-state index in [0.29, 0.717) is 6.54 Å². The summed E-state index contributed by atoms with van der Waals surface area (Å²) < 4.78 is 46.4. The maximum absolute atomic E-state index is 13.4. The molecule has 1 aliphatic rings. The van der Waals surface area contributed by atoms with Gasteiger partial charge < -0.3 is 9.32 Å². The highest BCUT2D eigenvalue weighted by atomic mass is 19.4. The van der Waals surface area contributed by atoms with E-state index in [1.807, 2.05) is 6.92 Å². The van der Waals surface area contributed by atoms with E-state index in [0.717, 1.165) is 31.5 Å². The summed E-state index contributed by atoms with van der Waals surface area (Å²) in [5.41, 5.74) is -0.450. The largest absolute Gasteiger partial charge is 0.443 e. The molecule has 6 nitrogen and oxygen atoms in total. The van der Waals surface area contributed by atoms with Gasteiger partial charge in [-0.2, -0.15) is 13.2 Å². The van der Waals surface area contributed by atoms with Crippen LogP contribution in [-0.2, 0) is 6.18 Å². The first kappa shape index (κ1) is 16.6. The molecule has 0 aliphatic heterocycles. The van der Waals surface area contributed by atoms with Crippen molar-refractivity contribution in [1.29, 1.82) is 0 Å². The quantitative estimate of drug-likeness (QED) is 0.709. The van der Waals surface area contributed by atoms with E-state index >= 15 is 0 Å². The molecule has 4 rings (SSSR count). The minimum Gasteiger partial charge on any atom is -0.443 e. The number of carbonyl (C=O) groups is 1. The zero-order chi connectivity index (χ0) is 18.5. The minimum absolute atomic E-state index is 0.0978. The number of imidazole rings is 1. The molecule has 0 N–H and O–H groups in total. The van der Waals surface area contributed by atoms with Gasteiger partial charge in [-0.25, -0.2) is 9.97 Å². The Morgan fingerprint density at radius 3 is 2.73 bits per heavy atom. The summed E-state index contributed by atoms with van der Waals surface area (Å²) in [5.74, 6) is -0.175. The van der Waals surface area contributed by atoms with Crippen molar-refractivity contribution in [3.63, 3.8) is 0 Å². The number of fused-ring (bicyclic) bond motifs is 1. The SMILES string of the molecule is CCN(C(=O)c1cnc2c(-c3cnco3)cc(C(F)(F)F)cn12)C1CC1. The highest BCUT2D eigenvalue weighted by molar-refractivity contribution is 5.94. The zero-order valence-corrected chi connectivity index (χ0v) is 13.8. The molecule has 9 heteroatoms. The molecule has 1 aliphatic carbocycles. The third-order valence-electron chi connectivity index (χ3n) is 4.44. The van der Waals surface area contributed by atoms with Crippen LogP contribution < -0.4 is 0 Å². The molecule has 1 amide bonds. The van der Waals surface area contributed by atoms with Crippen LogP contribution in [-0.4, -0.2) is 37.8 Å². The lowest BCUT2D eigenvalue weighted by Gasteiger charge is -2.20. The van der Waals surface area contributed by atoms with Crippen molar-refractivity contribution < 1.29 is 22.4 Å². The van der Waals surface area contributed by atoms with Crippen molar-refractivity contribution >= 4 is 11.6 Å². The summed E-state index contributed by atoms with van der Waals surface area (Å²) in [7, 11) is 0. The van der Waals surface area contributed by atoms with Crippen LogP contribution in [0, 0.1) is 0 Å². The molecule has 3 heterocycles. The molecule has 0 radical (unpaired) electrons. The van der Waals surface area contributed by atoms with E-state index in [4.69, 9.17) is 4.42 Å². The van der Waals surface area contributed by atoms with Crippen LogP contribution in [0.5, 0.6) is 0 Å². The van der Waals surface area contributed by atoms with Gasteiger partial charge in [0.25, 0.3) is 5.91 Å². The lowest BCUT2D eigenvalue weighted by atomic mass is 10.1. The first-order chi connectivity index (χ1) is 12.4. The maximum Gasteiger partial charge on any atom is 0.417 e. The Labute approximate surface area is 146 Å². The van der Waals surface area contributed by atoms with Crippen LogP contribution >= 0.6 is 0 Å². The van der Waals surface area contributed by atoms with E-state index in [9.17, 15) is 18.0 Å². The van der Waals surface area contributed by atoms with Gasteiger partial charge in [0.2, 0.25) is 0 Å². The number of hydrogen-bond donors (Lipinski definition) is 0. The molecule has 3 aromatic heterocycles. The summed E-state index contributed by atoms with van der Waals surface area (Å²) in [4.78, 5) is 22.4. The summed E-state index contributed by atoms with van der Waals surface area (Å²) >= 11 is 0. The van der Waals surface area contributed by atoms with Crippen molar-refractivity contribution in [3.8, 4) is 11.3 Å². The Kier molecular flexibility index (Phi) is 3.74. The van der Waals surface area contributed by atoms with Crippen LogP contribution in [0.4, 0.5) is 13.2 Å². The topological polar surface area (TPSA) is 63.6 Å². The second kappa shape index (κ2) is 5.86. The van der Waals surface area contributed by atoms with Gasteiger partial charge in [-0.15, -0.1) is 0 Å². The molecule has 0 aromatic carbocycles. The average Bonchev–Trinajstić information content (AvgIpc) is 3.12. The number of aromatic nitrogens is 3. The number of oxazole rings is 1. The second-order valence-corrected chi connectivity index (χ2v) is 6.17. The lowest BCUT2D eigenvalue weighted by molar-refractivity contribution is -0.137. The minimum atomic E-state index is -4.57.